The van der Waals surface area contributed by atoms with Crippen LogP contribution in [0.25, 0.3) is 0 Å². The van der Waals surface area contributed by atoms with Crippen molar-refractivity contribution < 1.29 is 9.84 Å². The van der Waals surface area contributed by atoms with E-state index in [1.807, 2.05) is 13.8 Å². The van der Waals surface area contributed by atoms with Crippen LogP contribution in [0.5, 0.6) is 0 Å². The molecule has 0 aliphatic rings. The Labute approximate surface area is 75.9 Å². The molecule has 12 heavy (non-hydrogen) atoms. The average molecular weight is 174 g/mol. The van der Waals surface area contributed by atoms with Crippen LogP contribution >= 0.6 is 0 Å². The topological polar surface area (TPSA) is 29.5 Å². The summed E-state index contributed by atoms with van der Waals surface area (Å²) in [6.45, 7) is 12.0. The highest BCUT2D eigenvalue weighted by molar-refractivity contribution is 4.67. The van der Waals surface area contributed by atoms with Crippen molar-refractivity contribution in [3.8, 4) is 0 Å². The second kappa shape index (κ2) is 4.24. The smallest absolute Gasteiger partial charge is 0.0539 e. The zero-order chi connectivity index (χ0) is 9.83. The summed E-state index contributed by atoms with van der Waals surface area (Å²) >= 11 is 0. The molecule has 0 spiro atoms. The van der Waals surface area contributed by atoms with E-state index in [-0.39, 0.29) is 17.4 Å². The molecule has 1 N–H and O–H groups in total. The first-order chi connectivity index (χ1) is 5.27. The van der Waals surface area contributed by atoms with Gasteiger partial charge in [0.15, 0.2) is 0 Å². The molecule has 74 valence electrons. The van der Waals surface area contributed by atoms with Crippen molar-refractivity contribution in [2.75, 3.05) is 19.8 Å². The molecule has 0 aromatic heterocycles. The van der Waals surface area contributed by atoms with E-state index in [1.165, 1.54) is 0 Å². The van der Waals surface area contributed by atoms with Gasteiger partial charge in [-0.25, -0.2) is 0 Å². The molecule has 0 heterocycles. The van der Waals surface area contributed by atoms with Gasteiger partial charge in [0.05, 0.1) is 19.8 Å². The minimum Gasteiger partial charge on any atom is -0.396 e. The van der Waals surface area contributed by atoms with Gasteiger partial charge in [-0.05, 0) is 5.41 Å². The molecule has 2 nitrogen and oxygen atoms in total. The van der Waals surface area contributed by atoms with E-state index in [1.54, 1.807) is 0 Å². The Balaban J connectivity index is 3.57. The van der Waals surface area contributed by atoms with E-state index in [0.29, 0.717) is 6.61 Å². The van der Waals surface area contributed by atoms with Crippen LogP contribution in [0.15, 0.2) is 0 Å². The molecular formula is C10H22O2. The van der Waals surface area contributed by atoms with Crippen molar-refractivity contribution >= 4 is 0 Å². The van der Waals surface area contributed by atoms with Crippen LogP contribution in [-0.2, 0) is 4.74 Å². The first-order valence-corrected chi connectivity index (χ1v) is 4.45. The van der Waals surface area contributed by atoms with Crippen LogP contribution in [0.3, 0.4) is 0 Å². The van der Waals surface area contributed by atoms with E-state index < -0.39 is 0 Å². The Morgan fingerprint density at radius 2 is 1.50 bits per heavy atom. The third-order valence-electron chi connectivity index (χ3n) is 1.46. The van der Waals surface area contributed by atoms with E-state index in [9.17, 15) is 0 Å². The van der Waals surface area contributed by atoms with Crippen LogP contribution in [-0.4, -0.2) is 24.9 Å². The highest BCUT2D eigenvalue weighted by Crippen LogP contribution is 2.17. The van der Waals surface area contributed by atoms with Gasteiger partial charge in [-0.1, -0.05) is 34.6 Å². The van der Waals surface area contributed by atoms with Crippen molar-refractivity contribution in [1.29, 1.82) is 0 Å². The first kappa shape index (κ1) is 11.9. The monoisotopic (exact) mass is 174 g/mol. The minimum absolute atomic E-state index is 0.106. The zero-order valence-corrected chi connectivity index (χ0v) is 8.98. The summed E-state index contributed by atoms with van der Waals surface area (Å²) in [5.74, 6) is 0. The van der Waals surface area contributed by atoms with Crippen molar-refractivity contribution in [2.24, 2.45) is 10.8 Å². The lowest BCUT2D eigenvalue weighted by atomic mass is 9.95. The largest absolute Gasteiger partial charge is 0.396 e. The van der Waals surface area contributed by atoms with Gasteiger partial charge in [-0.15, -0.1) is 0 Å². The summed E-state index contributed by atoms with van der Waals surface area (Å²) in [7, 11) is 0. The fourth-order valence-corrected chi connectivity index (χ4v) is 0.679. The molecule has 0 aliphatic heterocycles. The second-order valence-corrected chi connectivity index (χ2v) is 5.38. The van der Waals surface area contributed by atoms with Crippen LogP contribution in [0.4, 0.5) is 0 Å². The summed E-state index contributed by atoms with van der Waals surface area (Å²) in [5.41, 5.74) is 0.108. The molecule has 0 saturated carbocycles. The van der Waals surface area contributed by atoms with Gasteiger partial charge in [-0.2, -0.15) is 0 Å². The Kier molecular flexibility index (Phi) is 4.21. The second-order valence-electron chi connectivity index (χ2n) is 5.38. The lowest BCUT2D eigenvalue weighted by Gasteiger charge is -2.25. The van der Waals surface area contributed by atoms with Gasteiger partial charge < -0.3 is 9.84 Å². The molecular weight excluding hydrogens is 152 g/mol. The van der Waals surface area contributed by atoms with Crippen molar-refractivity contribution in [3.05, 3.63) is 0 Å². The van der Waals surface area contributed by atoms with Crippen LogP contribution in [0.1, 0.15) is 34.6 Å². The number of rotatable bonds is 4. The molecule has 2 heteroatoms. The van der Waals surface area contributed by atoms with E-state index in [4.69, 9.17) is 9.84 Å². The van der Waals surface area contributed by atoms with E-state index >= 15 is 0 Å². The molecule has 0 aromatic rings. The van der Waals surface area contributed by atoms with Crippen molar-refractivity contribution in [3.63, 3.8) is 0 Å². The first-order valence-electron chi connectivity index (χ1n) is 4.45. The van der Waals surface area contributed by atoms with Gasteiger partial charge in [-0.3, -0.25) is 0 Å². The van der Waals surface area contributed by atoms with Crippen molar-refractivity contribution in [1.82, 2.24) is 0 Å². The third-order valence-corrected chi connectivity index (χ3v) is 1.46. The van der Waals surface area contributed by atoms with Crippen LogP contribution in [0.2, 0.25) is 0 Å². The number of hydrogen-bond donors (Lipinski definition) is 1. The molecule has 0 amide bonds. The molecule has 0 unspecified atom stereocenters. The maximum Gasteiger partial charge on any atom is 0.0539 e. The Hall–Kier alpha value is -0.0800. The summed E-state index contributed by atoms with van der Waals surface area (Å²) in [5, 5.41) is 8.94. The lowest BCUT2D eigenvalue weighted by molar-refractivity contribution is -0.00115. The van der Waals surface area contributed by atoms with Gasteiger partial charge in [0.1, 0.15) is 0 Å². The molecule has 0 saturated heterocycles. The Bertz CT molecular complexity index is 122. The zero-order valence-electron chi connectivity index (χ0n) is 8.98. The number of aliphatic hydroxyl groups excluding tert-OH is 1. The standard InChI is InChI=1S/C10H22O2/c1-9(2,3)7-12-8-10(4,5)6-11/h11H,6-8H2,1-5H3. The summed E-state index contributed by atoms with van der Waals surface area (Å²) in [6, 6.07) is 0. The average Bonchev–Trinajstić information content (AvgIpc) is 1.84. The summed E-state index contributed by atoms with van der Waals surface area (Å²) in [4.78, 5) is 0. The minimum atomic E-state index is -0.106. The Morgan fingerprint density at radius 1 is 1.00 bits per heavy atom. The predicted octanol–water partition coefficient (Wildman–Crippen LogP) is 2.07. The number of aliphatic hydroxyl groups is 1. The summed E-state index contributed by atoms with van der Waals surface area (Å²) < 4.78 is 5.49. The lowest BCUT2D eigenvalue weighted by Crippen LogP contribution is -2.26. The fourth-order valence-electron chi connectivity index (χ4n) is 0.679. The molecule has 0 rings (SSSR count). The number of ether oxygens (including phenoxy) is 1. The predicted molar refractivity (Wildman–Crippen MR) is 51.1 cm³/mol. The van der Waals surface area contributed by atoms with Crippen LogP contribution < -0.4 is 0 Å². The van der Waals surface area contributed by atoms with Gasteiger partial charge >= 0.3 is 0 Å². The highest BCUT2D eigenvalue weighted by Gasteiger charge is 2.18. The molecule has 0 fully saturated rings. The van der Waals surface area contributed by atoms with E-state index in [2.05, 4.69) is 20.8 Å². The molecule has 0 aromatic carbocycles. The normalized spacial score (nSPS) is 13.5. The third kappa shape index (κ3) is 6.62. The quantitative estimate of drug-likeness (QED) is 0.707. The SMILES string of the molecule is CC(C)(C)COCC(C)(C)CO. The maximum atomic E-state index is 8.94. The van der Waals surface area contributed by atoms with Gasteiger partial charge in [0, 0.05) is 5.41 Å². The van der Waals surface area contributed by atoms with Gasteiger partial charge in [0.2, 0.25) is 0 Å². The highest BCUT2D eigenvalue weighted by atomic mass is 16.5. The Morgan fingerprint density at radius 3 is 1.83 bits per heavy atom. The number of hydrogen-bond acceptors (Lipinski definition) is 2. The molecule has 0 radical (unpaired) electrons. The van der Waals surface area contributed by atoms with Crippen molar-refractivity contribution in [2.45, 2.75) is 34.6 Å². The fraction of sp³-hybridized carbons (Fsp3) is 1.00. The summed E-state index contributed by atoms with van der Waals surface area (Å²) in [6.07, 6.45) is 0. The maximum absolute atomic E-state index is 8.94. The van der Waals surface area contributed by atoms with Gasteiger partial charge in [0.25, 0.3) is 0 Å². The molecule has 0 bridgehead atoms. The molecule has 0 atom stereocenters. The van der Waals surface area contributed by atoms with Crippen LogP contribution in [0, 0.1) is 10.8 Å². The van der Waals surface area contributed by atoms with E-state index in [0.717, 1.165) is 6.61 Å². The molecule has 0 aliphatic carbocycles.